The molecule has 0 amide bonds. The quantitative estimate of drug-likeness (QED) is 0.489. The van der Waals surface area contributed by atoms with E-state index in [0.29, 0.717) is 0 Å². The van der Waals surface area contributed by atoms with Gasteiger partial charge < -0.3 is 4.90 Å². The number of alkyl halides is 6. The van der Waals surface area contributed by atoms with Gasteiger partial charge in [0.1, 0.15) is 12.7 Å². The lowest BCUT2D eigenvalue weighted by Crippen LogP contribution is -2.45. The van der Waals surface area contributed by atoms with E-state index in [1.807, 2.05) is 0 Å². The number of allylic oxidation sites excluding steroid dienone is 3. The average molecular weight is 439 g/mol. The van der Waals surface area contributed by atoms with E-state index in [9.17, 15) is 34.8 Å². The van der Waals surface area contributed by atoms with Crippen LogP contribution in [0, 0.1) is 5.92 Å². The molecule has 0 saturated carbocycles. The lowest BCUT2D eigenvalue weighted by atomic mass is 9.86. The maximum Gasteiger partial charge on any atom is 0.473 e. The van der Waals surface area contributed by atoms with Crippen LogP contribution in [0.15, 0.2) is 22.9 Å². The van der Waals surface area contributed by atoms with Crippen molar-refractivity contribution in [2.24, 2.45) is 5.92 Å². The minimum Gasteiger partial charge on any atom is -0.304 e. The van der Waals surface area contributed by atoms with Crippen LogP contribution in [0.1, 0.15) is 13.8 Å². The maximum absolute atomic E-state index is 13.1. The van der Waals surface area contributed by atoms with E-state index >= 15 is 0 Å². The molecule has 2 aliphatic rings. The fraction of sp³-hybridized carbons (Fsp3) is 0.667. The van der Waals surface area contributed by atoms with Gasteiger partial charge in [-0.1, -0.05) is 6.92 Å². The summed E-state index contributed by atoms with van der Waals surface area (Å²) >= 11 is 0. The average Bonchev–Trinajstić information content (AvgIpc) is 2.77. The third-order valence-corrected chi connectivity index (χ3v) is 5.15. The molecular formula is C15H21F6N2O4S+. The molecule has 2 rings (SSSR count). The van der Waals surface area contributed by atoms with Crippen molar-refractivity contribution in [2.75, 3.05) is 28.3 Å². The van der Waals surface area contributed by atoms with Crippen molar-refractivity contribution in [3.8, 4) is 0 Å². The summed E-state index contributed by atoms with van der Waals surface area (Å²) in [5, 5.41) is 0. The van der Waals surface area contributed by atoms with Gasteiger partial charge >= 0.3 is 28.9 Å². The molecule has 6 nitrogen and oxygen atoms in total. The lowest BCUT2D eigenvalue weighted by molar-refractivity contribution is -0.588. The molecule has 0 aromatic heterocycles. The van der Waals surface area contributed by atoms with Gasteiger partial charge in [0.05, 0.1) is 14.2 Å². The largest absolute Gasteiger partial charge is 0.473 e. The normalized spacial score (nSPS) is 23.4. The first-order chi connectivity index (χ1) is 12.5. The number of nitrogens with zero attached hydrogens (tertiary/aromatic N) is 2. The zero-order valence-corrected chi connectivity index (χ0v) is 16.8. The second kappa shape index (κ2) is 8.03. The molecule has 0 fully saturated rings. The number of fused-ring (bicyclic) bond motifs is 1. The van der Waals surface area contributed by atoms with E-state index in [0.717, 1.165) is 30.7 Å². The lowest BCUT2D eigenvalue weighted by Gasteiger charge is -2.25. The Morgan fingerprint density at radius 1 is 1.11 bits per heavy atom. The molecule has 28 heavy (non-hydrogen) atoms. The summed E-state index contributed by atoms with van der Waals surface area (Å²) in [6.07, 6.45) is -9.83. The molecule has 0 bridgehead atoms. The molecular weight excluding hydrogens is 418 g/mol. The van der Waals surface area contributed by atoms with Gasteiger partial charge in [0.2, 0.25) is 5.71 Å². The molecule has 0 N–H and O–H groups in total. The Bertz CT molecular complexity index is 801. The van der Waals surface area contributed by atoms with E-state index < -0.39 is 40.4 Å². The predicted octanol–water partition coefficient (Wildman–Crippen LogP) is 2.84. The molecule has 2 unspecified atom stereocenters. The Hall–Kier alpha value is -1.60. The van der Waals surface area contributed by atoms with E-state index in [1.165, 1.54) is 27.0 Å². The topological polar surface area (TPSA) is 58.8 Å². The third kappa shape index (κ3) is 4.87. The highest BCUT2D eigenvalue weighted by Crippen LogP contribution is 2.42. The highest BCUT2D eigenvalue weighted by Gasteiger charge is 2.58. The predicted molar refractivity (Wildman–Crippen MR) is 87.7 cm³/mol. The fourth-order valence-electron chi connectivity index (χ4n) is 3.28. The van der Waals surface area contributed by atoms with Crippen LogP contribution in [0.5, 0.6) is 0 Å². The van der Waals surface area contributed by atoms with Crippen LogP contribution in [-0.4, -0.2) is 70.4 Å². The van der Waals surface area contributed by atoms with Crippen molar-refractivity contribution in [2.45, 2.75) is 32.4 Å². The maximum atomic E-state index is 13.1. The van der Waals surface area contributed by atoms with Crippen LogP contribution in [-0.2, 0) is 18.8 Å². The standard InChI is InChI=1S/C13H15F6N2.C2H6O4S/c1-6-5-8-10(7(2)9(6)12(14,15)16)21(4)11(20(8)3)13(17,18)19;1-5-7(3,4)6-2/h5-6,11H,1-4H3;1-2H3/q+1;. The zero-order chi connectivity index (χ0) is 22.2. The van der Waals surface area contributed by atoms with Gasteiger partial charge in [-0.3, -0.25) is 8.37 Å². The van der Waals surface area contributed by atoms with Gasteiger partial charge in [-0.15, -0.1) is 0 Å². The molecule has 0 aromatic carbocycles. The molecule has 2 atom stereocenters. The van der Waals surface area contributed by atoms with Crippen molar-refractivity contribution in [1.82, 2.24) is 4.90 Å². The minimum atomic E-state index is -4.56. The van der Waals surface area contributed by atoms with Crippen LogP contribution in [0.3, 0.4) is 0 Å². The van der Waals surface area contributed by atoms with Crippen molar-refractivity contribution in [3.63, 3.8) is 0 Å². The van der Waals surface area contributed by atoms with E-state index in [2.05, 4.69) is 8.37 Å². The first kappa shape index (κ1) is 24.4. The molecule has 1 aliphatic carbocycles. The zero-order valence-electron chi connectivity index (χ0n) is 15.9. The summed E-state index contributed by atoms with van der Waals surface area (Å²) in [6.45, 7) is 2.57. The molecule has 1 heterocycles. The Morgan fingerprint density at radius 3 is 1.89 bits per heavy atom. The van der Waals surface area contributed by atoms with Gasteiger partial charge in [0.15, 0.2) is 0 Å². The Kier molecular flexibility index (Phi) is 7.01. The molecule has 0 aromatic rings. The minimum absolute atomic E-state index is 0.00903. The highest BCUT2D eigenvalue weighted by atomic mass is 32.3. The molecule has 1 aliphatic heterocycles. The monoisotopic (exact) mass is 439 g/mol. The van der Waals surface area contributed by atoms with Crippen molar-refractivity contribution >= 4 is 16.1 Å². The molecule has 0 spiro atoms. The van der Waals surface area contributed by atoms with Crippen LogP contribution in [0.2, 0.25) is 0 Å². The second-order valence-electron chi connectivity index (χ2n) is 6.10. The van der Waals surface area contributed by atoms with E-state index in [1.54, 1.807) is 0 Å². The van der Waals surface area contributed by atoms with Gasteiger partial charge in [0.25, 0.3) is 0 Å². The van der Waals surface area contributed by atoms with Gasteiger partial charge in [0, 0.05) is 24.1 Å². The Morgan fingerprint density at radius 2 is 1.57 bits per heavy atom. The Balaban J connectivity index is 0.000000480. The fourth-order valence-corrected chi connectivity index (χ4v) is 3.42. The summed E-state index contributed by atoms with van der Waals surface area (Å²) in [6, 6.07) is 0. The van der Waals surface area contributed by atoms with Gasteiger partial charge in [-0.05, 0) is 13.0 Å². The van der Waals surface area contributed by atoms with Crippen molar-refractivity contribution < 1.29 is 47.7 Å². The van der Waals surface area contributed by atoms with Gasteiger partial charge in [-0.25, -0.2) is 4.58 Å². The van der Waals surface area contributed by atoms with Crippen LogP contribution >= 0.6 is 0 Å². The van der Waals surface area contributed by atoms with Gasteiger partial charge in [-0.2, -0.15) is 34.8 Å². The smallest absolute Gasteiger partial charge is 0.304 e. The molecule has 0 saturated heterocycles. The second-order valence-corrected chi connectivity index (χ2v) is 7.59. The summed E-state index contributed by atoms with van der Waals surface area (Å²) < 4.78 is 107. The van der Waals surface area contributed by atoms with E-state index in [-0.39, 0.29) is 17.0 Å². The van der Waals surface area contributed by atoms with Crippen LogP contribution in [0.4, 0.5) is 26.3 Å². The molecule has 13 heteroatoms. The third-order valence-electron chi connectivity index (χ3n) is 4.34. The number of hydrogen-bond donors (Lipinski definition) is 0. The van der Waals surface area contributed by atoms with Crippen molar-refractivity contribution in [1.29, 1.82) is 0 Å². The van der Waals surface area contributed by atoms with Crippen LogP contribution in [0.25, 0.3) is 0 Å². The molecule has 162 valence electrons. The summed E-state index contributed by atoms with van der Waals surface area (Å²) in [4.78, 5) is 0.975. The molecule has 0 radical (unpaired) electrons. The number of halogens is 6. The first-order valence-electron chi connectivity index (χ1n) is 7.75. The Labute approximate surface area is 159 Å². The van der Waals surface area contributed by atoms with Crippen molar-refractivity contribution in [3.05, 3.63) is 22.9 Å². The first-order valence-corrected chi connectivity index (χ1v) is 9.09. The highest BCUT2D eigenvalue weighted by molar-refractivity contribution is 7.81. The number of rotatable bonds is 2. The summed E-state index contributed by atoms with van der Waals surface area (Å²) in [5.74, 6) is -0.980. The SMILES string of the molecule is CC1=C(C(F)(F)F)C(C)C=C2C1=[N+](C)C(C(F)(F)F)N2C.COS(=O)(=O)OC. The number of hydrogen-bond acceptors (Lipinski definition) is 5. The van der Waals surface area contributed by atoms with Crippen LogP contribution < -0.4 is 0 Å². The summed E-state index contributed by atoms with van der Waals surface area (Å²) in [7, 11) is 0.803. The van der Waals surface area contributed by atoms with E-state index in [4.69, 9.17) is 0 Å². The summed E-state index contributed by atoms with van der Waals surface area (Å²) in [5.41, 5.74) is -0.749.